The van der Waals surface area contributed by atoms with Crippen molar-refractivity contribution in [3.05, 3.63) is 101 Å². The number of benzene rings is 3. The van der Waals surface area contributed by atoms with Crippen molar-refractivity contribution in [3.63, 3.8) is 0 Å². The minimum absolute atomic E-state index is 0.0800. The van der Waals surface area contributed by atoms with Gasteiger partial charge in [0.05, 0.1) is 36.3 Å². The van der Waals surface area contributed by atoms with Gasteiger partial charge in [-0.15, -0.1) is 0 Å². The first kappa shape index (κ1) is 26.7. The quantitative estimate of drug-likeness (QED) is 0.276. The fourth-order valence-corrected chi connectivity index (χ4v) is 5.53. The summed E-state index contributed by atoms with van der Waals surface area (Å²) in [6.45, 7) is -0.163. The van der Waals surface area contributed by atoms with Crippen molar-refractivity contribution in [2.45, 2.75) is 24.9 Å². The number of anilines is 2. The predicted molar refractivity (Wildman–Crippen MR) is 155 cm³/mol. The van der Waals surface area contributed by atoms with E-state index in [4.69, 9.17) is 21.1 Å². The number of urea groups is 1. The highest BCUT2D eigenvalue weighted by Gasteiger charge is 2.41. The van der Waals surface area contributed by atoms with Crippen molar-refractivity contribution in [2.75, 3.05) is 31.0 Å². The van der Waals surface area contributed by atoms with Crippen molar-refractivity contribution in [2.24, 2.45) is 0 Å². The molecule has 1 saturated carbocycles. The van der Waals surface area contributed by atoms with Crippen LogP contribution in [0.4, 0.5) is 20.6 Å². The molecule has 10 heteroatoms. The van der Waals surface area contributed by atoms with E-state index in [2.05, 4.69) is 9.88 Å². The lowest BCUT2D eigenvalue weighted by Crippen LogP contribution is -2.48. The van der Waals surface area contributed by atoms with Gasteiger partial charge in [-0.2, -0.15) is 0 Å². The molecule has 3 amide bonds. The molecule has 8 nitrogen and oxygen atoms in total. The van der Waals surface area contributed by atoms with Gasteiger partial charge >= 0.3 is 6.03 Å². The highest BCUT2D eigenvalue weighted by molar-refractivity contribution is 6.31. The molecule has 3 aromatic carbocycles. The number of amides is 3. The average Bonchev–Trinajstić information content (AvgIpc) is 3.71. The van der Waals surface area contributed by atoms with Gasteiger partial charge in [0.1, 0.15) is 29.9 Å². The summed E-state index contributed by atoms with van der Waals surface area (Å²) in [6.07, 6.45) is 3.54. The number of carbonyl (C=O) groups is 2. The van der Waals surface area contributed by atoms with E-state index in [0.29, 0.717) is 22.9 Å². The first-order valence-corrected chi connectivity index (χ1v) is 13.6. The molecule has 6 rings (SSSR count). The molecule has 0 bridgehead atoms. The molecule has 210 valence electrons. The van der Waals surface area contributed by atoms with Gasteiger partial charge in [0.15, 0.2) is 0 Å². The second kappa shape index (κ2) is 10.8. The van der Waals surface area contributed by atoms with Crippen LogP contribution in [0.2, 0.25) is 5.02 Å². The van der Waals surface area contributed by atoms with E-state index in [-0.39, 0.29) is 23.5 Å². The van der Waals surface area contributed by atoms with E-state index in [9.17, 15) is 14.0 Å². The zero-order valence-electron chi connectivity index (χ0n) is 22.5. The fourth-order valence-electron chi connectivity index (χ4n) is 5.35. The molecule has 0 radical (unpaired) electrons. The van der Waals surface area contributed by atoms with Crippen LogP contribution >= 0.6 is 11.6 Å². The first-order chi connectivity index (χ1) is 19.9. The number of para-hydroxylation sites is 2. The van der Waals surface area contributed by atoms with Crippen molar-refractivity contribution in [1.82, 2.24) is 9.47 Å². The Balaban J connectivity index is 1.39. The molecule has 1 fully saturated rings. The number of fused-ring (bicyclic) bond motifs is 3. The maximum Gasteiger partial charge on any atom is 0.322 e. The minimum atomic E-state index is -0.577. The number of ether oxygens (including phenoxy) is 2. The van der Waals surface area contributed by atoms with Crippen molar-refractivity contribution >= 4 is 34.9 Å². The smallest absolute Gasteiger partial charge is 0.322 e. The summed E-state index contributed by atoms with van der Waals surface area (Å²) >= 11 is 5.92. The van der Waals surface area contributed by atoms with Crippen LogP contribution in [0.3, 0.4) is 0 Å². The summed E-state index contributed by atoms with van der Waals surface area (Å²) in [6, 6.07) is 20.0. The Morgan fingerprint density at radius 2 is 1.78 bits per heavy atom. The van der Waals surface area contributed by atoms with Gasteiger partial charge in [0.2, 0.25) is 5.91 Å². The van der Waals surface area contributed by atoms with Crippen molar-refractivity contribution in [1.29, 1.82) is 0 Å². The van der Waals surface area contributed by atoms with Crippen molar-refractivity contribution < 1.29 is 23.5 Å². The van der Waals surface area contributed by atoms with E-state index < -0.39 is 17.9 Å². The lowest BCUT2D eigenvalue weighted by molar-refractivity contribution is -0.119. The molecule has 1 atom stereocenters. The number of nitrogens with one attached hydrogen (secondary N) is 1. The van der Waals surface area contributed by atoms with Crippen LogP contribution in [0.1, 0.15) is 30.1 Å². The molecule has 1 unspecified atom stereocenters. The molecule has 1 aliphatic carbocycles. The third kappa shape index (κ3) is 4.97. The number of methoxy groups -OCH3 is 2. The van der Waals surface area contributed by atoms with Crippen LogP contribution in [-0.4, -0.2) is 48.2 Å². The van der Waals surface area contributed by atoms with Gasteiger partial charge in [-0.25, -0.2) is 9.18 Å². The number of hydrogen-bond donors (Lipinski definition) is 1. The molecule has 0 saturated heterocycles. The summed E-state index contributed by atoms with van der Waals surface area (Å²) in [7, 11) is 3.18. The molecule has 1 aromatic heterocycles. The van der Waals surface area contributed by atoms with Crippen LogP contribution < -0.4 is 19.7 Å². The molecule has 4 aromatic rings. The molecular weight excluding hydrogens is 547 g/mol. The standard InChI is InChI=1S/C31H28ClFN4O4/c1-40-21-12-14-28(41-2)22(17-21)30-27-8-5-15-35(27)25-6-3-4-7-26(25)37(30)29(38)18-36(20-10-11-20)31(39)34-19-9-13-24(33)23(32)16-19/h3-9,12-17,20,30H,10-11,18H2,1-2H3,(H,34,39). The molecular formula is C31H28ClFN4O4. The second-order valence-electron chi connectivity index (χ2n) is 9.98. The Bertz CT molecular complexity index is 1640. The normalized spacial score (nSPS) is 15.5. The third-order valence-corrected chi connectivity index (χ3v) is 7.73. The Morgan fingerprint density at radius 3 is 2.49 bits per heavy atom. The number of rotatable bonds is 7. The second-order valence-corrected chi connectivity index (χ2v) is 10.4. The highest BCUT2D eigenvalue weighted by atomic mass is 35.5. The Labute approximate surface area is 241 Å². The van der Waals surface area contributed by atoms with Crippen LogP contribution in [0.5, 0.6) is 11.5 Å². The summed E-state index contributed by atoms with van der Waals surface area (Å²) in [5, 5.41) is 2.67. The summed E-state index contributed by atoms with van der Waals surface area (Å²) < 4.78 is 27.0. The van der Waals surface area contributed by atoms with E-state index in [1.54, 1.807) is 19.1 Å². The van der Waals surface area contributed by atoms with E-state index in [0.717, 1.165) is 29.8 Å². The Kier molecular flexibility index (Phi) is 7.05. The average molecular weight is 575 g/mol. The molecule has 2 heterocycles. The zero-order valence-corrected chi connectivity index (χ0v) is 23.3. The monoisotopic (exact) mass is 574 g/mol. The molecule has 1 N–H and O–H groups in total. The lowest BCUT2D eigenvalue weighted by Gasteiger charge is -2.40. The molecule has 41 heavy (non-hydrogen) atoms. The summed E-state index contributed by atoms with van der Waals surface area (Å²) in [4.78, 5) is 31.1. The lowest BCUT2D eigenvalue weighted by atomic mass is 9.96. The third-order valence-electron chi connectivity index (χ3n) is 7.44. The van der Waals surface area contributed by atoms with Crippen LogP contribution in [0.15, 0.2) is 79.0 Å². The summed E-state index contributed by atoms with van der Waals surface area (Å²) in [5.74, 6) is 0.387. The van der Waals surface area contributed by atoms with E-state index >= 15 is 0 Å². The number of aromatic nitrogens is 1. The van der Waals surface area contributed by atoms with Gasteiger partial charge in [0, 0.05) is 23.5 Å². The highest BCUT2D eigenvalue weighted by Crippen LogP contribution is 2.45. The maximum absolute atomic E-state index is 14.4. The van der Waals surface area contributed by atoms with Gasteiger partial charge in [0.25, 0.3) is 0 Å². The Hall–Kier alpha value is -4.50. The Morgan fingerprint density at radius 1 is 1.00 bits per heavy atom. The van der Waals surface area contributed by atoms with Crippen molar-refractivity contribution in [3.8, 4) is 17.2 Å². The fraction of sp³-hybridized carbons (Fsp3) is 0.226. The number of halogens is 2. The minimum Gasteiger partial charge on any atom is -0.497 e. The zero-order chi connectivity index (χ0) is 28.7. The largest absolute Gasteiger partial charge is 0.497 e. The van der Waals surface area contributed by atoms with Gasteiger partial charge in [-0.3, -0.25) is 9.69 Å². The number of hydrogen-bond acceptors (Lipinski definition) is 4. The number of nitrogens with zero attached hydrogens (tertiary/aromatic N) is 3. The molecule has 1 aliphatic heterocycles. The molecule has 0 spiro atoms. The van der Waals surface area contributed by atoms with Gasteiger partial charge < -0.3 is 24.3 Å². The predicted octanol–water partition coefficient (Wildman–Crippen LogP) is 6.42. The first-order valence-electron chi connectivity index (χ1n) is 13.2. The van der Waals surface area contributed by atoms with Gasteiger partial charge in [-0.1, -0.05) is 23.7 Å². The topological polar surface area (TPSA) is 76.0 Å². The van der Waals surface area contributed by atoms with Gasteiger partial charge in [-0.05, 0) is 73.5 Å². The summed E-state index contributed by atoms with van der Waals surface area (Å²) in [5.41, 5.74) is 3.52. The SMILES string of the molecule is COc1ccc(OC)c(C2c3cccn3-c3ccccc3N2C(=O)CN(C(=O)Nc2ccc(F)c(Cl)c2)C2CC2)c1. The maximum atomic E-state index is 14.4. The molecule has 2 aliphatic rings. The van der Waals surface area contributed by atoms with Crippen LogP contribution in [-0.2, 0) is 4.79 Å². The van der Waals surface area contributed by atoms with Crippen LogP contribution in [0, 0.1) is 5.82 Å². The number of carbonyl (C=O) groups excluding carboxylic acids is 2. The van der Waals surface area contributed by atoms with Crippen LogP contribution in [0.25, 0.3) is 5.69 Å². The van der Waals surface area contributed by atoms with E-state index in [1.165, 1.54) is 23.1 Å². The van der Waals surface area contributed by atoms with E-state index in [1.807, 2.05) is 60.8 Å².